The number of ether oxygens (including phenoxy) is 2. The van der Waals surface area contributed by atoms with Crippen LogP contribution in [0.4, 0.5) is 10.5 Å². The van der Waals surface area contributed by atoms with Gasteiger partial charge in [0, 0.05) is 24.3 Å². The number of anilines is 1. The van der Waals surface area contributed by atoms with Crippen LogP contribution in [0.25, 0.3) is 16.8 Å². The Morgan fingerprint density at radius 1 is 0.914 bits per heavy atom. The number of nitrogens with zero attached hydrogens (tertiary/aromatic N) is 2. The highest BCUT2D eigenvalue weighted by Crippen LogP contribution is 2.28. The second-order valence-electron chi connectivity index (χ2n) is 9.10. The van der Waals surface area contributed by atoms with Crippen molar-refractivity contribution in [1.82, 2.24) is 9.55 Å². The lowest BCUT2D eigenvalue weighted by Gasteiger charge is -2.18. The molecule has 0 saturated heterocycles. The van der Waals surface area contributed by atoms with Crippen LogP contribution >= 0.6 is 0 Å². The van der Waals surface area contributed by atoms with Crippen LogP contribution in [0.15, 0.2) is 85.5 Å². The van der Waals surface area contributed by atoms with E-state index in [1.165, 1.54) is 0 Å². The first kappa shape index (κ1) is 23.8. The van der Waals surface area contributed by atoms with Gasteiger partial charge >= 0.3 is 6.16 Å². The standard InChI is InChI=1S/C28H27N3O4/c1-19-7-8-21(20-9-11-24(12-10-20)34-27(33)35-28(2,3)4)16-25(19)30-26(32)22-15-23(18-29-17-22)31-13-5-6-14-31/h5-18H,1-4H3,(H,30,32). The molecule has 7 heteroatoms. The smallest absolute Gasteiger partial charge is 0.428 e. The Morgan fingerprint density at radius 3 is 2.29 bits per heavy atom. The lowest BCUT2D eigenvalue weighted by Crippen LogP contribution is -2.25. The molecule has 0 aliphatic carbocycles. The fourth-order valence-corrected chi connectivity index (χ4v) is 3.41. The third kappa shape index (κ3) is 6.14. The monoisotopic (exact) mass is 469 g/mol. The van der Waals surface area contributed by atoms with Crippen molar-refractivity contribution >= 4 is 17.7 Å². The summed E-state index contributed by atoms with van der Waals surface area (Å²) in [6.45, 7) is 7.27. The van der Waals surface area contributed by atoms with Gasteiger partial charge in [0.15, 0.2) is 0 Å². The lowest BCUT2D eigenvalue weighted by molar-refractivity contribution is 0.0206. The number of aryl methyl sites for hydroxylation is 1. The molecule has 2 aromatic carbocycles. The van der Waals surface area contributed by atoms with E-state index >= 15 is 0 Å². The average Bonchev–Trinajstić information content (AvgIpc) is 3.35. The second-order valence-corrected chi connectivity index (χ2v) is 9.10. The number of benzene rings is 2. The van der Waals surface area contributed by atoms with Gasteiger partial charge in [0.1, 0.15) is 11.4 Å². The zero-order chi connectivity index (χ0) is 25.0. The predicted octanol–water partition coefficient (Wildman–Crippen LogP) is 6.41. The number of hydrogen-bond donors (Lipinski definition) is 1. The van der Waals surface area contributed by atoms with Crippen molar-refractivity contribution in [2.75, 3.05) is 5.32 Å². The van der Waals surface area contributed by atoms with Crippen LogP contribution in [-0.2, 0) is 4.74 Å². The fourth-order valence-electron chi connectivity index (χ4n) is 3.41. The first-order valence-electron chi connectivity index (χ1n) is 11.2. The highest BCUT2D eigenvalue weighted by molar-refractivity contribution is 6.05. The van der Waals surface area contributed by atoms with E-state index in [2.05, 4.69) is 10.3 Å². The van der Waals surface area contributed by atoms with Crippen molar-refractivity contribution < 1.29 is 19.1 Å². The van der Waals surface area contributed by atoms with Crippen molar-refractivity contribution in [3.05, 3.63) is 96.6 Å². The zero-order valence-electron chi connectivity index (χ0n) is 20.1. The van der Waals surface area contributed by atoms with Crippen molar-refractivity contribution in [3.63, 3.8) is 0 Å². The largest absolute Gasteiger partial charge is 0.514 e. The molecule has 0 unspecified atom stereocenters. The number of pyridine rings is 1. The quantitative estimate of drug-likeness (QED) is 0.270. The summed E-state index contributed by atoms with van der Waals surface area (Å²) in [5, 5.41) is 2.99. The molecule has 0 spiro atoms. The zero-order valence-corrected chi connectivity index (χ0v) is 20.1. The SMILES string of the molecule is Cc1ccc(-c2ccc(OC(=O)OC(C)(C)C)cc2)cc1NC(=O)c1cncc(-n2cccc2)c1. The maximum absolute atomic E-state index is 13.0. The van der Waals surface area contributed by atoms with Crippen LogP contribution < -0.4 is 10.1 Å². The van der Waals surface area contributed by atoms with Crippen LogP contribution in [0.1, 0.15) is 36.7 Å². The summed E-state index contributed by atoms with van der Waals surface area (Å²) in [5.74, 6) is 0.145. The van der Waals surface area contributed by atoms with Crippen molar-refractivity contribution in [3.8, 4) is 22.6 Å². The van der Waals surface area contributed by atoms with Crippen molar-refractivity contribution in [2.24, 2.45) is 0 Å². The first-order chi connectivity index (χ1) is 16.7. The molecule has 1 N–H and O–H groups in total. The third-order valence-electron chi connectivity index (χ3n) is 5.15. The molecular weight excluding hydrogens is 442 g/mol. The predicted molar refractivity (Wildman–Crippen MR) is 135 cm³/mol. The molecule has 0 radical (unpaired) electrons. The maximum atomic E-state index is 13.0. The Kier molecular flexibility index (Phi) is 6.68. The maximum Gasteiger partial charge on any atom is 0.514 e. The molecule has 4 aromatic rings. The topological polar surface area (TPSA) is 82.4 Å². The van der Waals surface area contributed by atoms with E-state index in [0.717, 1.165) is 22.4 Å². The lowest BCUT2D eigenvalue weighted by atomic mass is 10.0. The number of amides is 1. The van der Waals surface area contributed by atoms with Gasteiger partial charge in [-0.15, -0.1) is 0 Å². The molecule has 7 nitrogen and oxygen atoms in total. The molecule has 2 aromatic heterocycles. The van der Waals surface area contributed by atoms with E-state index < -0.39 is 11.8 Å². The summed E-state index contributed by atoms with van der Waals surface area (Å²) in [6, 6.07) is 18.6. The van der Waals surface area contributed by atoms with E-state index in [1.807, 2.05) is 66.3 Å². The highest BCUT2D eigenvalue weighted by Gasteiger charge is 2.18. The summed E-state index contributed by atoms with van der Waals surface area (Å²) >= 11 is 0. The molecule has 0 aliphatic heterocycles. The fraction of sp³-hybridized carbons (Fsp3) is 0.179. The molecule has 1 amide bonds. The number of nitrogens with one attached hydrogen (secondary N) is 1. The first-order valence-corrected chi connectivity index (χ1v) is 11.2. The Labute approximate surface area is 204 Å². The van der Waals surface area contributed by atoms with Gasteiger partial charge < -0.3 is 19.4 Å². The van der Waals surface area contributed by atoms with Crippen LogP contribution in [0.3, 0.4) is 0 Å². The number of rotatable bonds is 5. The molecule has 35 heavy (non-hydrogen) atoms. The number of hydrogen-bond acceptors (Lipinski definition) is 5. The Morgan fingerprint density at radius 2 is 1.60 bits per heavy atom. The molecule has 0 bridgehead atoms. The average molecular weight is 470 g/mol. The van der Waals surface area contributed by atoms with Crippen LogP contribution in [0, 0.1) is 6.92 Å². The van der Waals surface area contributed by atoms with Crippen LogP contribution in [-0.4, -0.2) is 27.2 Å². The van der Waals surface area contributed by atoms with E-state index in [4.69, 9.17) is 9.47 Å². The number of carbonyl (C=O) groups excluding carboxylic acids is 2. The second kappa shape index (κ2) is 9.85. The molecule has 4 rings (SSSR count). The van der Waals surface area contributed by atoms with Gasteiger partial charge in [-0.1, -0.05) is 24.3 Å². The number of aromatic nitrogens is 2. The number of carbonyl (C=O) groups is 2. The highest BCUT2D eigenvalue weighted by atomic mass is 16.7. The molecule has 0 fully saturated rings. The molecule has 178 valence electrons. The summed E-state index contributed by atoms with van der Waals surface area (Å²) in [5.41, 5.74) is 4.10. The Bertz CT molecular complexity index is 1340. The minimum atomic E-state index is -0.749. The Hall–Kier alpha value is -4.39. The summed E-state index contributed by atoms with van der Waals surface area (Å²) in [4.78, 5) is 29.1. The summed E-state index contributed by atoms with van der Waals surface area (Å²) in [6.07, 6.45) is 6.30. The third-order valence-corrected chi connectivity index (χ3v) is 5.15. The van der Waals surface area contributed by atoms with E-state index in [0.29, 0.717) is 17.0 Å². The Balaban J connectivity index is 1.49. The van der Waals surface area contributed by atoms with Gasteiger partial charge in [0.05, 0.1) is 17.4 Å². The normalized spacial score (nSPS) is 11.1. The minimum Gasteiger partial charge on any atom is -0.428 e. The van der Waals surface area contributed by atoms with Crippen molar-refractivity contribution in [1.29, 1.82) is 0 Å². The minimum absolute atomic E-state index is 0.243. The van der Waals surface area contributed by atoms with Gasteiger partial charge in [0.2, 0.25) is 0 Å². The summed E-state index contributed by atoms with van der Waals surface area (Å²) < 4.78 is 12.3. The molecule has 0 saturated carbocycles. The molecule has 0 atom stereocenters. The summed E-state index contributed by atoms with van der Waals surface area (Å²) in [7, 11) is 0. The van der Waals surface area contributed by atoms with Crippen LogP contribution in [0.5, 0.6) is 5.75 Å². The van der Waals surface area contributed by atoms with E-state index in [1.54, 1.807) is 51.4 Å². The van der Waals surface area contributed by atoms with E-state index in [9.17, 15) is 9.59 Å². The molecule has 2 heterocycles. The molecule has 0 aliphatic rings. The van der Waals surface area contributed by atoms with Gasteiger partial charge in [-0.3, -0.25) is 9.78 Å². The van der Waals surface area contributed by atoms with E-state index in [-0.39, 0.29) is 5.91 Å². The van der Waals surface area contributed by atoms with Crippen LogP contribution in [0.2, 0.25) is 0 Å². The van der Waals surface area contributed by atoms with Gasteiger partial charge in [0.25, 0.3) is 5.91 Å². The van der Waals surface area contributed by atoms with Gasteiger partial charge in [-0.2, -0.15) is 0 Å². The van der Waals surface area contributed by atoms with Gasteiger partial charge in [-0.05, 0) is 80.8 Å². The van der Waals surface area contributed by atoms with Gasteiger partial charge in [-0.25, -0.2) is 4.79 Å². The van der Waals surface area contributed by atoms with Crippen molar-refractivity contribution in [2.45, 2.75) is 33.3 Å². The molecular formula is C28H27N3O4.